The van der Waals surface area contributed by atoms with Crippen LogP contribution in [0.4, 0.5) is 0 Å². The van der Waals surface area contributed by atoms with Crippen molar-refractivity contribution < 1.29 is 9.59 Å². The van der Waals surface area contributed by atoms with Gasteiger partial charge in [-0.05, 0) is 43.6 Å². The summed E-state index contributed by atoms with van der Waals surface area (Å²) in [5.41, 5.74) is 2.88. The number of amides is 2. The van der Waals surface area contributed by atoms with Crippen LogP contribution in [-0.2, 0) is 9.59 Å². The molecule has 0 aromatic rings. The van der Waals surface area contributed by atoms with E-state index in [-0.39, 0.29) is 17.2 Å². The van der Waals surface area contributed by atoms with Crippen LogP contribution in [0.15, 0.2) is 23.3 Å². The highest BCUT2D eigenvalue weighted by atomic mass is 16.2. The molecule has 0 spiro atoms. The average molecular weight is 318 g/mol. The molecular weight excluding hydrogens is 288 g/mol. The summed E-state index contributed by atoms with van der Waals surface area (Å²) in [7, 11) is 0. The summed E-state index contributed by atoms with van der Waals surface area (Å²) in [5.74, 6) is 0.164. The first-order valence-electron chi connectivity index (χ1n) is 8.74. The van der Waals surface area contributed by atoms with E-state index in [4.69, 9.17) is 0 Å². The predicted molar refractivity (Wildman–Crippen MR) is 92.9 cm³/mol. The number of allylic oxidation sites excluding steroid dienone is 3. The molecule has 1 aliphatic heterocycles. The quantitative estimate of drug-likeness (QED) is 0.734. The average Bonchev–Trinajstić information content (AvgIpc) is 2.71. The summed E-state index contributed by atoms with van der Waals surface area (Å²) in [5, 5.41) is 0. The van der Waals surface area contributed by atoms with E-state index in [9.17, 15) is 9.59 Å². The van der Waals surface area contributed by atoms with E-state index in [1.165, 1.54) is 24.0 Å². The Labute approximate surface area is 140 Å². The van der Waals surface area contributed by atoms with Gasteiger partial charge in [0.15, 0.2) is 0 Å². The van der Waals surface area contributed by atoms with Crippen LogP contribution in [0, 0.1) is 5.41 Å². The SMILES string of the molecule is CC(=O)N1CCCN(C(=O)/C=C/C2=C(C)CCCC2(C)C)CC1. The lowest BCUT2D eigenvalue weighted by Crippen LogP contribution is -2.35. The normalized spacial score (nSPS) is 22.4. The van der Waals surface area contributed by atoms with Gasteiger partial charge in [-0.25, -0.2) is 0 Å². The van der Waals surface area contributed by atoms with Crippen LogP contribution < -0.4 is 0 Å². The lowest BCUT2D eigenvalue weighted by atomic mass is 9.72. The third kappa shape index (κ3) is 4.46. The van der Waals surface area contributed by atoms with Gasteiger partial charge >= 0.3 is 0 Å². The molecule has 0 N–H and O–H groups in total. The molecule has 0 bridgehead atoms. The second kappa shape index (κ2) is 7.33. The number of hydrogen-bond acceptors (Lipinski definition) is 2. The minimum Gasteiger partial charge on any atom is -0.341 e. The van der Waals surface area contributed by atoms with Crippen molar-refractivity contribution in [3.8, 4) is 0 Å². The number of nitrogens with zero attached hydrogens (tertiary/aromatic N) is 2. The topological polar surface area (TPSA) is 40.6 Å². The van der Waals surface area contributed by atoms with Gasteiger partial charge in [-0.1, -0.05) is 25.5 Å². The van der Waals surface area contributed by atoms with Crippen LogP contribution >= 0.6 is 0 Å². The number of hydrogen-bond donors (Lipinski definition) is 0. The Balaban J connectivity index is 2.02. The third-order valence-corrected chi connectivity index (χ3v) is 5.19. The van der Waals surface area contributed by atoms with E-state index < -0.39 is 0 Å². The number of carbonyl (C=O) groups is 2. The predicted octanol–water partition coefficient (Wildman–Crippen LogP) is 3.15. The second-order valence-electron chi connectivity index (χ2n) is 7.45. The van der Waals surface area contributed by atoms with Crippen molar-refractivity contribution in [1.82, 2.24) is 9.80 Å². The summed E-state index contributed by atoms with van der Waals surface area (Å²) >= 11 is 0. The van der Waals surface area contributed by atoms with Crippen LogP contribution in [-0.4, -0.2) is 47.8 Å². The fourth-order valence-corrected chi connectivity index (χ4v) is 3.72. The Hall–Kier alpha value is -1.58. The highest BCUT2D eigenvalue weighted by molar-refractivity contribution is 5.88. The molecule has 23 heavy (non-hydrogen) atoms. The molecule has 2 amide bonds. The maximum absolute atomic E-state index is 12.5. The molecule has 128 valence electrons. The minimum absolute atomic E-state index is 0.0667. The largest absolute Gasteiger partial charge is 0.341 e. The smallest absolute Gasteiger partial charge is 0.246 e. The van der Waals surface area contributed by atoms with Crippen molar-refractivity contribution in [3.05, 3.63) is 23.3 Å². The summed E-state index contributed by atoms with van der Waals surface area (Å²) in [6.07, 6.45) is 8.16. The number of carbonyl (C=O) groups excluding carboxylic acids is 2. The number of rotatable bonds is 2. The van der Waals surface area contributed by atoms with Crippen molar-refractivity contribution in [1.29, 1.82) is 0 Å². The maximum atomic E-state index is 12.5. The zero-order valence-electron chi connectivity index (χ0n) is 15.0. The Kier molecular flexibility index (Phi) is 5.66. The van der Waals surface area contributed by atoms with E-state index in [0.717, 1.165) is 25.9 Å². The maximum Gasteiger partial charge on any atom is 0.246 e. The van der Waals surface area contributed by atoms with Crippen molar-refractivity contribution in [2.75, 3.05) is 26.2 Å². The van der Waals surface area contributed by atoms with Gasteiger partial charge in [0.25, 0.3) is 0 Å². The molecule has 0 radical (unpaired) electrons. The molecule has 4 heteroatoms. The van der Waals surface area contributed by atoms with Gasteiger partial charge in [-0.3, -0.25) is 9.59 Å². The minimum atomic E-state index is 0.0667. The fourth-order valence-electron chi connectivity index (χ4n) is 3.72. The molecule has 0 aromatic carbocycles. The van der Waals surface area contributed by atoms with Gasteiger partial charge in [-0.15, -0.1) is 0 Å². The Morgan fingerprint density at radius 1 is 1.04 bits per heavy atom. The van der Waals surface area contributed by atoms with E-state index in [1.807, 2.05) is 15.9 Å². The zero-order valence-corrected chi connectivity index (χ0v) is 15.0. The van der Waals surface area contributed by atoms with Gasteiger partial charge in [0.05, 0.1) is 0 Å². The monoisotopic (exact) mass is 318 g/mol. The van der Waals surface area contributed by atoms with Gasteiger partial charge in [0.2, 0.25) is 11.8 Å². The van der Waals surface area contributed by atoms with Gasteiger partial charge in [0.1, 0.15) is 0 Å². The standard InChI is InChI=1S/C19H30N2O2/c1-15-7-5-10-19(3,4)17(15)8-9-18(23)21-12-6-11-20(13-14-21)16(2)22/h8-9H,5-7,10-14H2,1-4H3/b9-8+. The van der Waals surface area contributed by atoms with Crippen LogP contribution in [0.2, 0.25) is 0 Å². The van der Waals surface area contributed by atoms with Gasteiger partial charge in [0, 0.05) is 39.2 Å². The van der Waals surface area contributed by atoms with E-state index in [1.54, 1.807) is 13.0 Å². The lowest BCUT2D eigenvalue weighted by molar-refractivity contribution is -0.130. The fraction of sp³-hybridized carbons (Fsp3) is 0.684. The van der Waals surface area contributed by atoms with Crippen LogP contribution in [0.1, 0.15) is 53.4 Å². The van der Waals surface area contributed by atoms with E-state index >= 15 is 0 Å². The Bertz CT molecular complexity index is 531. The molecule has 1 heterocycles. The van der Waals surface area contributed by atoms with Crippen molar-refractivity contribution in [2.45, 2.75) is 53.4 Å². The van der Waals surface area contributed by atoms with Crippen molar-refractivity contribution in [2.24, 2.45) is 5.41 Å². The van der Waals surface area contributed by atoms with Gasteiger partial charge in [-0.2, -0.15) is 0 Å². The second-order valence-corrected chi connectivity index (χ2v) is 7.45. The molecule has 4 nitrogen and oxygen atoms in total. The first kappa shape index (κ1) is 17.8. The Morgan fingerprint density at radius 3 is 2.35 bits per heavy atom. The molecule has 0 unspecified atom stereocenters. The summed E-state index contributed by atoms with van der Waals surface area (Å²) < 4.78 is 0. The van der Waals surface area contributed by atoms with Crippen LogP contribution in [0.25, 0.3) is 0 Å². The van der Waals surface area contributed by atoms with E-state index in [0.29, 0.717) is 13.1 Å². The lowest BCUT2D eigenvalue weighted by Gasteiger charge is -2.33. The molecule has 1 fully saturated rings. The highest BCUT2D eigenvalue weighted by Crippen LogP contribution is 2.40. The molecular formula is C19H30N2O2. The van der Waals surface area contributed by atoms with E-state index in [2.05, 4.69) is 20.8 Å². The third-order valence-electron chi connectivity index (χ3n) is 5.19. The molecule has 0 atom stereocenters. The van der Waals surface area contributed by atoms with Crippen molar-refractivity contribution in [3.63, 3.8) is 0 Å². The van der Waals surface area contributed by atoms with Crippen molar-refractivity contribution >= 4 is 11.8 Å². The Morgan fingerprint density at radius 2 is 1.70 bits per heavy atom. The first-order chi connectivity index (χ1) is 10.8. The molecule has 1 saturated heterocycles. The summed E-state index contributed by atoms with van der Waals surface area (Å²) in [4.78, 5) is 27.7. The summed E-state index contributed by atoms with van der Waals surface area (Å²) in [6.45, 7) is 11.0. The molecule has 2 rings (SSSR count). The molecule has 1 aliphatic carbocycles. The highest BCUT2D eigenvalue weighted by Gasteiger charge is 2.27. The molecule has 2 aliphatic rings. The molecule has 0 aromatic heterocycles. The van der Waals surface area contributed by atoms with Gasteiger partial charge < -0.3 is 9.80 Å². The summed E-state index contributed by atoms with van der Waals surface area (Å²) in [6, 6.07) is 0. The zero-order chi connectivity index (χ0) is 17.0. The van der Waals surface area contributed by atoms with Crippen LogP contribution in [0.5, 0.6) is 0 Å². The molecule has 0 saturated carbocycles. The van der Waals surface area contributed by atoms with Crippen LogP contribution in [0.3, 0.4) is 0 Å². The first-order valence-corrected chi connectivity index (χ1v) is 8.74.